The molecule has 0 heterocycles. The van der Waals surface area contributed by atoms with Gasteiger partial charge in [0.05, 0.1) is 0 Å². The summed E-state index contributed by atoms with van der Waals surface area (Å²) in [5.74, 6) is 0.433. The van der Waals surface area contributed by atoms with Crippen molar-refractivity contribution in [3.8, 4) is 5.75 Å². The zero-order valence-corrected chi connectivity index (χ0v) is 16.2. The minimum absolute atomic E-state index is 0.0336. The molecule has 2 amide bonds. The molecular formula is C22H23ClN2O3. The van der Waals surface area contributed by atoms with Crippen molar-refractivity contribution >= 4 is 29.5 Å². The molecule has 0 aliphatic heterocycles. The normalized spacial score (nSPS) is 13.3. The quantitative estimate of drug-likeness (QED) is 0.636. The fourth-order valence-corrected chi connectivity index (χ4v) is 2.66. The second-order valence-corrected chi connectivity index (χ2v) is 7.14. The summed E-state index contributed by atoms with van der Waals surface area (Å²) in [6.07, 6.45) is 6.09. The topological polar surface area (TPSA) is 67.4 Å². The summed E-state index contributed by atoms with van der Waals surface area (Å²) in [7, 11) is 0. The van der Waals surface area contributed by atoms with Crippen molar-refractivity contribution in [2.24, 2.45) is 0 Å². The first kappa shape index (κ1) is 20.0. The monoisotopic (exact) mass is 398 g/mol. The SMILES string of the molecule is O=C(/C=C/c1ccc(Cl)cc1)NCCc1ccc(OCC(=O)NC2CC2)cc1. The van der Waals surface area contributed by atoms with Gasteiger partial charge < -0.3 is 15.4 Å². The number of amides is 2. The second kappa shape index (κ2) is 9.95. The van der Waals surface area contributed by atoms with Crippen LogP contribution in [-0.4, -0.2) is 31.0 Å². The Kier molecular flexibility index (Phi) is 7.09. The molecule has 1 fully saturated rings. The van der Waals surface area contributed by atoms with Gasteiger partial charge >= 0.3 is 0 Å². The van der Waals surface area contributed by atoms with E-state index in [9.17, 15) is 9.59 Å². The highest BCUT2D eigenvalue weighted by atomic mass is 35.5. The molecule has 0 atom stereocenters. The molecule has 0 radical (unpaired) electrons. The number of ether oxygens (including phenoxy) is 1. The van der Waals surface area contributed by atoms with Crippen molar-refractivity contribution in [1.29, 1.82) is 0 Å². The van der Waals surface area contributed by atoms with Crippen LogP contribution in [0.25, 0.3) is 6.08 Å². The molecule has 2 aromatic rings. The Labute approximate surface area is 169 Å². The van der Waals surface area contributed by atoms with Gasteiger partial charge in [0.1, 0.15) is 5.75 Å². The summed E-state index contributed by atoms with van der Waals surface area (Å²) in [6, 6.07) is 15.2. The van der Waals surface area contributed by atoms with Gasteiger partial charge in [-0.25, -0.2) is 0 Å². The van der Waals surface area contributed by atoms with Crippen LogP contribution in [0.1, 0.15) is 24.0 Å². The molecule has 0 unspecified atom stereocenters. The smallest absolute Gasteiger partial charge is 0.258 e. The third kappa shape index (κ3) is 7.08. The molecule has 1 aliphatic rings. The van der Waals surface area contributed by atoms with E-state index in [1.807, 2.05) is 36.4 Å². The highest BCUT2D eigenvalue weighted by Crippen LogP contribution is 2.18. The standard InChI is InChI=1S/C22H23ClN2O3/c23-18-6-1-16(2-7-18)5-12-21(26)24-14-13-17-3-10-20(11-4-17)28-15-22(27)25-19-8-9-19/h1-7,10-12,19H,8-9,13-15H2,(H,24,26)(H,25,27)/b12-5+. The lowest BCUT2D eigenvalue weighted by Crippen LogP contribution is -2.30. The van der Waals surface area contributed by atoms with E-state index < -0.39 is 0 Å². The zero-order valence-electron chi connectivity index (χ0n) is 15.5. The van der Waals surface area contributed by atoms with Gasteiger partial charge in [-0.15, -0.1) is 0 Å². The van der Waals surface area contributed by atoms with Crippen molar-refractivity contribution < 1.29 is 14.3 Å². The number of rotatable bonds is 9. The predicted octanol–water partition coefficient (Wildman–Crippen LogP) is 3.37. The van der Waals surface area contributed by atoms with E-state index in [-0.39, 0.29) is 18.4 Å². The maximum Gasteiger partial charge on any atom is 0.258 e. The Morgan fingerprint density at radius 1 is 1.07 bits per heavy atom. The van der Waals surface area contributed by atoms with Crippen LogP contribution < -0.4 is 15.4 Å². The molecule has 0 saturated heterocycles. The highest BCUT2D eigenvalue weighted by molar-refractivity contribution is 6.30. The Morgan fingerprint density at radius 2 is 1.79 bits per heavy atom. The average molecular weight is 399 g/mol. The number of hydrogen-bond acceptors (Lipinski definition) is 3. The minimum atomic E-state index is -0.142. The number of halogens is 1. The summed E-state index contributed by atoms with van der Waals surface area (Å²) in [4.78, 5) is 23.5. The van der Waals surface area contributed by atoms with Crippen LogP contribution in [0.5, 0.6) is 5.75 Å². The van der Waals surface area contributed by atoms with Crippen molar-refractivity contribution in [2.75, 3.05) is 13.2 Å². The lowest BCUT2D eigenvalue weighted by atomic mass is 10.1. The van der Waals surface area contributed by atoms with Crippen LogP contribution in [0.2, 0.25) is 5.02 Å². The van der Waals surface area contributed by atoms with E-state index >= 15 is 0 Å². The number of carbonyl (C=O) groups excluding carboxylic acids is 2. The lowest BCUT2D eigenvalue weighted by Gasteiger charge is -2.08. The van der Waals surface area contributed by atoms with E-state index in [1.54, 1.807) is 18.2 Å². The van der Waals surface area contributed by atoms with Gasteiger partial charge in [-0.05, 0) is 60.7 Å². The molecule has 2 aromatic carbocycles. The van der Waals surface area contributed by atoms with Gasteiger partial charge in [-0.3, -0.25) is 9.59 Å². The molecule has 0 aromatic heterocycles. The Balaban J connectivity index is 1.35. The molecule has 0 spiro atoms. The molecule has 1 aliphatic carbocycles. The molecular weight excluding hydrogens is 376 g/mol. The van der Waals surface area contributed by atoms with Crippen LogP contribution in [-0.2, 0) is 16.0 Å². The fourth-order valence-electron chi connectivity index (χ4n) is 2.53. The van der Waals surface area contributed by atoms with Crippen molar-refractivity contribution in [3.05, 3.63) is 70.8 Å². The second-order valence-electron chi connectivity index (χ2n) is 6.70. The number of benzene rings is 2. The average Bonchev–Trinajstić information content (AvgIpc) is 3.51. The molecule has 146 valence electrons. The van der Waals surface area contributed by atoms with Gasteiger partial charge in [0.25, 0.3) is 5.91 Å². The van der Waals surface area contributed by atoms with Crippen LogP contribution in [0, 0.1) is 0 Å². The third-order valence-electron chi connectivity index (χ3n) is 4.25. The van der Waals surface area contributed by atoms with Crippen LogP contribution in [0.15, 0.2) is 54.6 Å². The van der Waals surface area contributed by atoms with Crippen LogP contribution >= 0.6 is 11.6 Å². The Hall–Kier alpha value is -2.79. The van der Waals surface area contributed by atoms with E-state index in [0.717, 1.165) is 24.0 Å². The zero-order chi connectivity index (χ0) is 19.8. The maximum atomic E-state index is 11.9. The van der Waals surface area contributed by atoms with E-state index in [0.29, 0.717) is 29.8 Å². The molecule has 5 nitrogen and oxygen atoms in total. The summed E-state index contributed by atoms with van der Waals surface area (Å²) >= 11 is 5.83. The number of carbonyl (C=O) groups is 2. The molecule has 28 heavy (non-hydrogen) atoms. The summed E-state index contributed by atoms with van der Waals surface area (Å²) in [5, 5.41) is 6.40. The van der Waals surface area contributed by atoms with E-state index in [2.05, 4.69) is 10.6 Å². The molecule has 6 heteroatoms. The fraction of sp³-hybridized carbons (Fsp3) is 0.273. The van der Waals surface area contributed by atoms with E-state index in [1.165, 1.54) is 6.08 Å². The maximum absolute atomic E-state index is 11.9. The van der Waals surface area contributed by atoms with Gasteiger partial charge in [0.2, 0.25) is 5.91 Å². The first-order valence-corrected chi connectivity index (χ1v) is 9.69. The summed E-state index contributed by atoms with van der Waals surface area (Å²) in [5.41, 5.74) is 2.00. The van der Waals surface area contributed by atoms with Gasteiger partial charge in [0, 0.05) is 23.7 Å². The van der Waals surface area contributed by atoms with Crippen molar-refractivity contribution in [1.82, 2.24) is 10.6 Å². The highest BCUT2D eigenvalue weighted by Gasteiger charge is 2.23. The third-order valence-corrected chi connectivity index (χ3v) is 4.50. The van der Waals surface area contributed by atoms with Crippen molar-refractivity contribution in [3.63, 3.8) is 0 Å². The number of hydrogen-bond donors (Lipinski definition) is 2. The van der Waals surface area contributed by atoms with Gasteiger partial charge in [-0.2, -0.15) is 0 Å². The first-order valence-electron chi connectivity index (χ1n) is 9.31. The molecule has 3 rings (SSSR count). The lowest BCUT2D eigenvalue weighted by molar-refractivity contribution is -0.123. The van der Waals surface area contributed by atoms with Crippen molar-refractivity contribution in [2.45, 2.75) is 25.3 Å². The summed E-state index contributed by atoms with van der Waals surface area (Å²) in [6.45, 7) is 0.569. The predicted molar refractivity (Wildman–Crippen MR) is 110 cm³/mol. The molecule has 1 saturated carbocycles. The number of nitrogens with one attached hydrogen (secondary N) is 2. The molecule has 0 bridgehead atoms. The molecule has 2 N–H and O–H groups in total. The van der Waals surface area contributed by atoms with E-state index in [4.69, 9.17) is 16.3 Å². The van der Waals surface area contributed by atoms with Crippen LogP contribution in [0.4, 0.5) is 0 Å². The largest absolute Gasteiger partial charge is 0.484 e. The first-order chi connectivity index (χ1) is 13.6. The van der Waals surface area contributed by atoms with Gasteiger partial charge in [0.15, 0.2) is 6.61 Å². The Bertz CT molecular complexity index is 828. The minimum Gasteiger partial charge on any atom is -0.484 e. The van der Waals surface area contributed by atoms with Crippen LogP contribution in [0.3, 0.4) is 0 Å². The summed E-state index contributed by atoms with van der Waals surface area (Å²) < 4.78 is 5.48. The Morgan fingerprint density at radius 3 is 2.46 bits per heavy atom. The van der Waals surface area contributed by atoms with Gasteiger partial charge in [-0.1, -0.05) is 35.9 Å².